The van der Waals surface area contributed by atoms with Crippen LogP contribution in [0, 0.1) is 0 Å². The predicted molar refractivity (Wildman–Crippen MR) is 114 cm³/mol. The lowest BCUT2D eigenvalue weighted by Gasteiger charge is -2.40. The van der Waals surface area contributed by atoms with E-state index in [0.29, 0.717) is 11.5 Å². The van der Waals surface area contributed by atoms with Crippen LogP contribution in [0.3, 0.4) is 0 Å². The Bertz CT molecular complexity index is 1100. The molecule has 31 heavy (non-hydrogen) atoms. The van der Waals surface area contributed by atoms with E-state index in [0.717, 1.165) is 30.7 Å². The highest BCUT2D eigenvalue weighted by Gasteiger charge is 2.27. The highest BCUT2D eigenvalue weighted by molar-refractivity contribution is 5.46. The van der Waals surface area contributed by atoms with E-state index in [1.165, 1.54) is 11.1 Å². The second-order valence-electron chi connectivity index (χ2n) is 7.57. The Balaban J connectivity index is 1.37. The molecule has 1 saturated heterocycles. The van der Waals surface area contributed by atoms with Crippen molar-refractivity contribution in [2.45, 2.75) is 12.5 Å². The van der Waals surface area contributed by atoms with Crippen LogP contribution in [0.4, 0.5) is 14.6 Å². The number of halogens is 2. The first-order valence-electron chi connectivity index (χ1n) is 10.3. The van der Waals surface area contributed by atoms with Crippen LogP contribution in [0.1, 0.15) is 29.4 Å². The minimum Gasteiger partial charge on any atom is -0.353 e. The highest BCUT2D eigenvalue weighted by Crippen LogP contribution is 2.30. The lowest BCUT2D eigenvalue weighted by Crippen LogP contribution is -2.48. The van der Waals surface area contributed by atoms with E-state index in [1.54, 1.807) is 6.07 Å². The third-order valence-corrected chi connectivity index (χ3v) is 5.70. The van der Waals surface area contributed by atoms with Crippen molar-refractivity contribution in [1.82, 2.24) is 24.7 Å². The molecule has 158 valence electrons. The molecule has 0 unspecified atom stereocenters. The summed E-state index contributed by atoms with van der Waals surface area (Å²) >= 11 is 0. The van der Waals surface area contributed by atoms with Crippen molar-refractivity contribution in [2.75, 3.05) is 31.1 Å². The first-order chi connectivity index (χ1) is 15.2. The third kappa shape index (κ3) is 3.86. The molecule has 0 aliphatic carbocycles. The summed E-state index contributed by atoms with van der Waals surface area (Å²) in [4.78, 5) is 4.58. The maximum absolute atomic E-state index is 13.2. The van der Waals surface area contributed by atoms with Crippen LogP contribution in [0.25, 0.3) is 5.65 Å². The summed E-state index contributed by atoms with van der Waals surface area (Å²) in [5.74, 6) is 0.230. The van der Waals surface area contributed by atoms with Crippen LogP contribution < -0.4 is 4.90 Å². The largest absolute Gasteiger partial charge is 0.353 e. The Morgan fingerprint density at radius 2 is 1.32 bits per heavy atom. The fraction of sp³-hybridized carbons (Fsp3) is 0.261. The number of fused-ring (bicyclic) bond motifs is 1. The lowest BCUT2D eigenvalue weighted by molar-refractivity contribution is 0.137. The molecule has 1 fully saturated rings. The summed E-state index contributed by atoms with van der Waals surface area (Å²) in [5, 5.41) is 11.7. The van der Waals surface area contributed by atoms with Crippen LogP contribution in [-0.2, 0) is 0 Å². The van der Waals surface area contributed by atoms with Gasteiger partial charge in [0, 0.05) is 26.2 Å². The van der Waals surface area contributed by atoms with Crippen molar-refractivity contribution in [3.63, 3.8) is 0 Å². The molecule has 5 rings (SSSR count). The minimum atomic E-state index is -2.72. The van der Waals surface area contributed by atoms with Crippen LogP contribution >= 0.6 is 0 Å². The lowest BCUT2D eigenvalue weighted by atomic mass is 9.96. The molecule has 8 heteroatoms. The normalized spacial score (nSPS) is 15.3. The van der Waals surface area contributed by atoms with Gasteiger partial charge >= 0.3 is 0 Å². The van der Waals surface area contributed by atoms with E-state index in [2.05, 4.69) is 73.6 Å². The van der Waals surface area contributed by atoms with Crippen LogP contribution in [0.2, 0.25) is 0 Å². The second-order valence-corrected chi connectivity index (χ2v) is 7.57. The molecule has 1 aliphatic rings. The zero-order valence-electron chi connectivity index (χ0n) is 16.9. The maximum Gasteiger partial charge on any atom is 0.299 e. The average Bonchev–Trinajstić information content (AvgIpc) is 3.25. The molecule has 0 amide bonds. The summed E-state index contributed by atoms with van der Waals surface area (Å²) < 4.78 is 27.5. The van der Waals surface area contributed by atoms with E-state index in [-0.39, 0.29) is 6.04 Å². The van der Waals surface area contributed by atoms with Gasteiger partial charge in [0.05, 0.1) is 6.04 Å². The summed E-state index contributed by atoms with van der Waals surface area (Å²) in [5.41, 5.74) is 2.84. The molecule has 2 aromatic carbocycles. The topological polar surface area (TPSA) is 49.6 Å². The van der Waals surface area contributed by atoms with Crippen molar-refractivity contribution < 1.29 is 8.78 Å². The van der Waals surface area contributed by atoms with Crippen molar-refractivity contribution in [2.24, 2.45) is 0 Å². The van der Waals surface area contributed by atoms with E-state index in [4.69, 9.17) is 0 Å². The predicted octanol–water partition coefficient (Wildman–Crippen LogP) is 3.97. The second kappa shape index (κ2) is 8.39. The smallest absolute Gasteiger partial charge is 0.299 e. The van der Waals surface area contributed by atoms with E-state index < -0.39 is 12.2 Å². The first kappa shape index (κ1) is 19.6. The number of benzene rings is 2. The molecule has 0 spiro atoms. The van der Waals surface area contributed by atoms with Crippen molar-refractivity contribution in [3.05, 3.63) is 89.7 Å². The first-order valence-corrected chi connectivity index (χ1v) is 10.3. The third-order valence-electron chi connectivity index (χ3n) is 5.70. The number of anilines is 1. The van der Waals surface area contributed by atoms with Gasteiger partial charge in [-0.25, -0.2) is 8.78 Å². The van der Waals surface area contributed by atoms with Gasteiger partial charge in [0.15, 0.2) is 5.65 Å². The monoisotopic (exact) mass is 420 g/mol. The van der Waals surface area contributed by atoms with Gasteiger partial charge in [-0.15, -0.1) is 15.3 Å². The number of piperazine rings is 1. The summed E-state index contributed by atoms with van der Waals surface area (Å²) in [6, 6.07) is 24.7. The molecule has 0 radical (unpaired) electrons. The van der Waals surface area contributed by atoms with Crippen molar-refractivity contribution in [3.8, 4) is 0 Å². The van der Waals surface area contributed by atoms with Gasteiger partial charge in [0.1, 0.15) is 5.82 Å². The Morgan fingerprint density at radius 3 is 1.90 bits per heavy atom. The fourth-order valence-electron chi connectivity index (χ4n) is 4.19. The molecule has 0 atom stereocenters. The molecule has 0 N–H and O–H groups in total. The Morgan fingerprint density at radius 1 is 0.710 bits per heavy atom. The molecular formula is C23H22F2N6. The van der Waals surface area contributed by atoms with Crippen LogP contribution in [0.15, 0.2) is 72.8 Å². The van der Waals surface area contributed by atoms with Gasteiger partial charge < -0.3 is 4.90 Å². The van der Waals surface area contributed by atoms with Gasteiger partial charge in [-0.2, -0.15) is 4.52 Å². The van der Waals surface area contributed by atoms with Crippen LogP contribution in [0.5, 0.6) is 0 Å². The van der Waals surface area contributed by atoms with Gasteiger partial charge in [0.25, 0.3) is 6.43 Å². The molecule has 3 heterocycles. The highest BCUT2D eigenvalue weighted by atomic mass is 19.3. The maximum atomic E-state index is 13.2. The summed E-state index contributed by atoms with van der Waals surface area (Å²) in [6.45, 7) is 3.16. The summed E-state index contributed by atoms with van der Waals surface area (Å²) in [7, 11) is 0. The Hall–Kier alpha value is -3.39. The fourth-order valence-corrected chi connectivity index (χ4v) is 4.19. The number of hydrogen-bond acceptors (Lipinski definition) is 5. The van der Waals surface area contributed by atoms with E-state index in [1.807, 2.05) is 18.2 Å². The van der Waals surface area contributed by atoms with Crippen LogP contribution in [-0.4, -0.2) is 50.9 Å². The van der Waals surface area contributed by atoms with Crippen molar-refractivity contribution in [1.29, 1.82) is 0 Å². The molecule has 4 aromatic rings. The van der Waals surface area contributed by atoms with Gasteiger partial charge in [-0.1, -0.05) is 60.7 Å². The van der Waals surface area contributed by atoms with Crippen molar-refractivity contribution >= 4 is 11.5 Å². The number of rotatable bonds is 5. The summed E-state index contributed by atoms with van der Waals surface area (Å²) in [6.07, 6.45) is -2.72. The molecule has 1 aliphatic heterocycles. The zero-order valence-corrected chi connectivity index (χ0v) is 16.9. The zero-order chi connectivity index (χ0) is 21.2. The van der Waals surface area contributed by atoms with E-state index in [9.17, 15) is 8.78 Å². The Labute approximate surface area is 178 Å². The minimum absolute atomic E-state index is 0.170. The van der Waals surface area contributed by atoms with E-state index >= 15 is 0 Å². The number of alkyl halides is 2. The number of hydrogen-bond donors (Lipinski definition) is 0. The standard InChI is InChI=1S/C23H22F2N6/c24-22(25)23-27-26-19-11-12-20(28-31(19)23)29-13-15-30(16-14-29)21(17-7-3-1-4-8-17)18-9-5-2-6-10-18/h1-12,21-22H,13-16H2. The molecular weight excluding hydrogens is 398 g/mol. The average molecular weight is 420 g/mol. The molecule has 0 saturated carbocycles. The molecule has 6 nitrogen and oxygen atoms in total. The van der Waals surface area contributed by atoms with Gasteiger partial charge in [0.2, 0.25) is 5.82 Å². The molecule has 2 aromatic heterocycles. The van der Waals surface area contributed by atoms with Gasteiger partial charge in [-0.3, -0.25) is 4.90 Å². The van der Waals surface area contributed by atoms with Gasteiger partial charge in [-0.05, 0) is 23.3 Å². The number of nitrogens with zero attached hydrogens (tertiary/aromatic N) is 6. The Kier molecular flexibility index (Phi) is 5.30. The molecule has 0 bridgehead atoms. The SMILES string of the molecule is FC(F)c1nnc2ccc(N3CCN(C(c4ccccc4)c4ccccc4)CC3)nn12. The number of aromatic nitrogens is 4. The quantitative estimate of drug-likeness (QED) is 0.489.